The summed E-state index contributed by atoms with van der Waals surface area (Å²) >= 11 is 0. The Labute approximate surface area is 111 Å². The number of halogens is 1. The first kappa shape index (κ1) is 13.2. The lowest BCUT2D eigenvalue weighted by Crippen LogP contribution is -2.12. The number of carbonyl (C=O) groups is 2. The van der Waals surface area contributed by atoms with E-state index in [0.717, 1.165) is 22.9 Å². The van der Waals surface area contributed by atoms with Crippen LogP contribution >= 0.6 is 0 Å². The second kappa shape index (κ2) is 4.81. The second-order valence-electron chi connectivity index (χ2n) is 3.77. The number of aromatic nitrogens is 2. The number of aromatic carboxylic acids is 1. The molecule has 0 atom stereocenters. The molecule has 0 aliphatic heterocycles. The van der Waals surface area contributed by atoms with Crippen LogP contribution in [0.4, 0.5) is 4.39 Å². The van der Waals surface area contributed by atoms with Gasteiger partial charge in [0.05, 0.1) is 11.3 Å². The van der Waals surface area contributed by atoms with Gasteiger partial charge in [-0.3, -0.25) is 4.79 Å². The van der Waals surface area contributed by atoms with Gasteiger partial charge >= 0.3 is 5.97 Å². The first-order valence-electron chi connectivity index (χ1n) is 5.27. The van der Waals surface area contributed by atoms with Crippen LogP contribution in [0.5, 0.6) is 0 Å². The molecule has 1 aromatic carbocycles. The van der Waals surface area contributed by atoms with E-state index < -0.39 is 17.7 Å². The summed E-state index contributed by atoms with van der Waals surface area (Å²) in [5.41, 5.74) is 4.33. The quantitative estimate of drug-likeness (QED) is 0.852. The molecule has 20 heavy (non-hydrogen) atoms. The van der Waals surface area contributed by atoms with Crippen molar-refractivity contribution >= 4 is 11.9 Å². The van der Waals surface area contributed by atoms with E-state index in [9.17, 15) is 14.0 Å². The lowest BCUT2D eigenvalue weighted by molar-refractivity contribution is 0.0687. The Morgan fingerprint density at radius 1 is 1.40 bits per heavy atom. The molecule has 0 fully saturated rings. The highest BCUT2D eigenvalue weighted by atomic mass is 19.1. The maximum atomic E-state index is 13.2. The molecule has 0 saturated carbocycles. The van der Waals surface area contributed by atoms with Crippen LogP contribution in [-0.2, 0) is 0 Å². The molecule has 1 amide bonds. The predicted octanol–water partition coefficient (Wildman–Crippen LogP) is 0.680. The fourth-order valence-electron chi connectivity index (χ4n) is 1.58. The molecular formula is C12H7FN4O3. The molecule has 7 nitrogen and oxygen atoms in total. The summed E-state index contributed by atoms with van der Waals surface area (Å²) in [5, 5.41) is 21.5. The van der Waals surface area contributed by atoms with E-state index in [-0.39, 0.29) is 22.6 Å². The summed E-state index contributed by atoms with van der Waals surface area (Å²) in [4.78, 5) is 22.1. The number of hydrogen-bond donors (Lipinski definition) is 2. The average molecular weight is 274 g/mol. The molecule has 0 bridgehead atoms. The van der Waals surface area contributed by atoms with Crippen LogP contribution in [-0.4, -0.2) is 26.8 Å². The first-order chi connectivity index (χ1) is 9.43. The number of carboxylic acids is 1. The van der Waals surface area contributed by atoms with E-state index >= 15 is 0 Å². The van der Waals surface area contributed by atoms with Crippen LogP contribution in [0.25, 0.3) is 5.69 Å². The molecule has 0 unspecified atom stereocenters. The number of carboxylic acid groups (broad SMARTS) is 1. The SMILES string of the molecule is N#Cc1cc(-n2nc(C(N)=O)cc2C(=O)O)ccc1F. The van der Waals surface area contributed by atoms with Crippen molar-refractivity contribution < 1.29 is 19.1 Å². The molecule has 0 aliphatic carbocycles. The number of hydrogen-bond acceptors (Lipinski definition) is 4. The Morgan fingerprint density at radius 2 is 2.10 bits per heavy atom. The lowest BCUT2D eigenvalue weighted by atomic mass is 10.2. The minimum atomic E-state index is -1.34. The third-order valence-corrected chi connectivity index (χ3v) is 2.50. The molecule has 1 aromatic heterocycles. The zero-order valence-corrected chi connectivity index (χ0v) is 9.87. The molecule has 3 N–H and O–H groups in total. The van der Waals surface area contributed by atoms with Crippen LogP contribution in [0.3, 0.4) is 0 Å². The Balaban J connectivity index is 2.66. The molecule has 2 aromatic rings. The molecule has 0 radical (unpaired) electrons. The van der Waals surface area contributed by atoms with Crippen LogP contribution in [0.1, 0.15) is 26.5 Å². The van der Waals surface area contributed by atoms with Gasteiger partial charge in [0.25, 0.3) is 5.91 Å². The van der Waals surface area contributed by atoms with E-state index in [4.69, 9.17) is 16.1 Å². The van der Waals surface area contributed by atoms with Crippen molar-refractivity contribution in [3.05, 3.63) is 47.0 Å². The van der Waals surface area contributed by atoms with Gasteiger partial charge in [-0.15, -0.1) is 0 Å². The molecule has 2 rings (SSSR count). The minimum absolute atomic E-state index is 0.132. The average Bonchev–Trinajstić information content (AvgIpc) is 2.84. The van der Waals surface area contributed by atoms with Crippen molar-refractivity contribution in [2.24, 2.45) is 5.73 Å². The topological polar surface area (TPSA) is 122 Å². The first-order valence-corrected chi connectivity index (χ1v) is 5.27. The Kier molecular flexibility index (Phi) is 3.18. The number of amides is 1. The predicted molar refractivity (Wildman–Crippen MR) is 63.7 cm³/mol. The minimum Gasteiger partial charge on any atom is -0.477 e. The van der Waals surface area contributed by atoms with E-state index in [0.29, 0.717) is 0 Å². The smallest absolute Gasteiger partial charge is 0.354 e. The van der Waals surface area contributed by atoms with E-state index in [2.05, 4.69) is 5.10 Å². The van der Waals surface area contributed by atoms with Crippen molar-refractivity contribution in [2.75, 3.05) is 0 Å². The van der Waals surface area contributed by atoms with Gasteiger partial charge in [-0.05, 0) is 18.2 Å². The Bertz CT molecular complexity index is 761. The number of nitriles is 1. The summed E-state index contributed by atoms with van der Waals surface area (Å²) in [6.45, 7) is 0. The van der Waals surface area contributed by atoms with Crippen LogP contribution < -0.4 is 5.73 Å². The van der Waals surface area contributed by atoms with Crippen molar-refractivity contribution in [3.63, 3.8) is 0 Å². The highest BCUT2D eigenvalue weighted by Crippen LogP contribution is 2.16. The third kappa shape index (κ3) is 2.20. The highest BCUT2D eigenvalue weighted by Gasteiger charge is 2.19. The summed E-state index contributed by atoms with van der Waals surface area (Å²) < 4.78 is 14.1. The van der Waals surface area contributed by atoms with Gasteiger partial charge in [0.15, 0.2) is 11.4 Å². The van der Waals surface area contributed by atoms with Crippen molar-refractivity contribution in [1.82, 2.24) is 9.78 Å². The fourth-order valence-corrected chi connectivity index (χ4v) is 1.58. The number of primary amides is 1. The van der Waals surface area contributed by atoms with Gasteiger partial charge in [0, 0.05) is 6.07 Å². The van der Waals surface area contributed by atoms with Crippen LogP contribution in [0.2, 0.25) is 0 Å². The van der Waals surface area contributed by atoms with Crippen molar-refractivity contribution in [1.29, 1.82) is 5.26 Å². The standard InChI is InChI=1S/C12H7FN4O3/c13-8-2-1-7(3-6(8)5-14)17-10(12(19)20)4-9(16-17)11(15)18/h1-4H,(H2,15,18)(H,19,20). The van der Waals surface area contributed by atoms with E-state index in [1.54, 1.807) is 6.07 Å². The second-order valence-corrected chi connectivity index (χ2v) is 3.77. The Hall–Kier alpha value is -3.21. The van der Waals surface area contributed by atoms with Crippen LogP contribution in [0, 0.1) is 17.1 Å². The zero-order chi connectivity index (χ0) is 14.9. The van der Waals surface area contributed by atoms with Crippen LogP contribution in [0.15, 0.2) is 24.3 Å². The fraction of sp³-hybridized carbons (Fsp3) is 0. The maximum absolute atomic E-state index is 13.2. The maximum Gasteiger partial charge on any atom is 0.354 e. The van der Waals surface area contributed by atoms with Gasteiger partial charge in [-0.1, -0.05) is 0 Å². The van der Waals surface area contributed by atoms with Gasteiger partial charge in [0.1, 0.15) is 11.9 Å². The molecule has 0 saturated heterocycles. The van der Waals surface area contributed by atoms with Gasteiger partial charge in [-0.2, -0.15) is 10.4 Å². The number of benzene rings is 1. The normalized spacial score (nSPS) is 10.0. The molecule has 1 heterocycles. The third-order valence-electron chi connectivity index (χ3n) is 2.50. The largest absolute Gasteiger partial charge is 0.477 e. The summed E-state index contributed by atoms with van der Waals surface area (Å²) in [7, 11) is 0. The number of nitrogens with two attached hydrogens (primary N) is 1. The molecule has 8 heteroatoms. The van der Waals surface area contributed by atoms with Crippen molar-refractivity contribution in [3.8, 4) is 11.8 Å². The number of carbonyl (C=O) groups excluding carboxylic acids is 1. The molecule has 0 aliphatic rings. The number of rotatable bonds is 3. The molecule has 100 valence electrons. The van der Waals surface area contributed by atoms with Crippen molar-refractivity contribution in [2.45, 2.75) is 0 Å². The van der Waals surface area contributed by atoms with E-state index in [1.165, 1.54) is 6.07 Å². The van der Waals surface area contributed by atoms with Gasteiger partial charge in [0.2, 0.25) is 0 Å². The zero-order valence-electron chi connectivity index (χ0n) is 9.87. The number of nitrogens with zero attached hydrogens (tertiary/aromatic N) is 3. The lowest BCUT2D eigenvalue weighted by Gasteiger charge is -2.05. The highest BCUT2D eigenvalue weighted by molar-refractivity contribution is 5.94. The van der Waals surface area contributed by atoms with Gasteiger partial charge < -0.3 is 10.8 Å². The summed E-state index contributed by atoms with van der Waals surface area (Å²) in [5.74, 6) is -2.97. The molecule has 0 spiro atoms. The van der Waals surface area contributed by atoms with Gasteiger partial charge in [-0.25, -0.2) is 13.9 Å². The Morgan fingerprint density at radius 3 is 2.65 bits per heavy atom. The monoisotopic (exact) mass is 274 g/mol. The summed E-state index contributed by atoms with van der Waals surface area (Å²) in [6.07, 6.45) is 0. The summed E-state index contributed by atoms with van der Waals surface area (Å²) in [6, 6.07) is 5.99. The molecular weight excluding hydrogens is 267 g/mol. The van der Waals surface area contributed by atoms with E-state index in [1.807, 2.05) is 0 Å².